The standard InChI is InChI=1S/C16H16N2O3/c19-15(18-21)11-14(12-7-3-1-4-8-12)17-16(20)13-9-5-2-6-10-13/h1-10,14,21H,11H2,(H,17,20)(H,18,19). The Bertz CT molecular complexity index is 599. The van der Waals surface area contributed by atoms with E-state index < -0.39 is 11.9 Å². The predicted molar refractivity (Wildman–Crippen MR) is 77.6 cm³/mol. The highest BCUT2D eigenvalue weighted by atomic mass is 16.5. The first-order chi connectivity index (χ1) is 10.2. The molecule has 0 aromatic heterocycles. The minimum atomic E-state index is -0.558. The maximum Gasteiger partial charge on any atom is 0.251 e. The molecule has 1 atom stereocenters. The molecule has 3 N–H and O–H groups in total. The summed E-state index contributed by atoms with van der Waals surface area (Å²) in [6.45, 7) is 0. The summed E-state index contributed by atoms with van der Waals surface area (Å²) in [5, 5.41) is 11.5. The van der Waals surface area contributed by atoms with Gasteiger partial charge in [0.25, 0.3) is 5.91 Å². The van der Waals surface area contributed by atoms with Gasteiger partial charge < -0.3 is 5.32 Å². The molecule has 0 radical (unpaired) electrons. The first-order valence-corrected chi connectivity index (χ1v) is 6.54. The smallest absolute Gasteiger partial charge is 0.251 e. The van der Waals surface area contributed by atoms with Crippen molar-refractivity contribution in [2.45, 2.75) is 12.5 Å². The minimum absolute atomic E-state index is 0.0426. The van der Waals surface area contributed by atoms with Gasteiger partial charge in [-0.2, -0.15) is 0 Å². The highest BCUT2D eigenvalue weighted by Crippen LogP contribution is 2.17. The number of carbonyl (C=O) groups is 2. The lowest BCUT2D eigenvalue weighted by Gasteiger charge is -2.18. The quantitative estimate of drug-likeness (QED) is 0.581. The number of carbonyl (C=O) groups excluding carboxylic acids is 2. The lowest BCUT2D eigenvalue weighted by molar-refractivity contribution is -0.129. The van der Waals surface area contributed by atoms with Gasteiger partial charge in [0.15, 0.2) is 0 Å². The summed E-state index contributed by atoms with van der Waals surface area (Å²) >= 11 is 0. The first-order valence-electron chi connectivity index (χ1n) is 6.54. The molecule has 5 nitrogen and oxygen atoms in total. The zero-order valence-electron chi connectivity index (χ0n) is 11.3. The zero-order chi connectivity index (χ0) is 15.1. The van der Waals surface area contributed by atoms with Crippen LogP contribution in [0.25, 0.3) is 0 Å². The average Bonchev–Trinajstić information content (AvgIpc) is 2.55. The van der Waals surface area contributed by atoms with Crippen molar-refractivity contribution >= 4 is 11.8 Å². The second kappa shape index (κ2) is 7.21. The zero-order valence-corrected chi connectivity index (χ0v) is 11.3. The van der Waals surface area contributed by atoms with Crippen LogP contribution in [0.1, 0.15) is 28.4 Å². The van der Waals surface area contributed by atoms with Crippen LogP contribution in [0.2, 0.25) is 0 Å². The van der Waals surface area contributed by atoms with Crippen molar-refractivity contribution in [1.29, 1.82) is 0 Å². The molecule has 2 aromatic rings. The molecular weight excluding hydrogens is 268 g/mol. The fraction of sp³-hybridized carbons (Fsp3) is 0.125. The van der Waals surface area contributed by atoms with Gasteiger partial charge in [0, 0.05) is 5.56 Å². The van der Waals surface area contributed by atoms with Gasteiger partial charge >= 0.3 is 0 Å². The second-order valence-electron chi connectivity index (χ2n) is 4.54. The molecule has 2 rings (SSSR count). The van der Waals surface area contributed by atoms with Gasteiger partial charge in [0.1, 0.15) is 0 Å². The van der Waals surface area contributed by atoms with Gasteiger partial charge in [-0.1, -0.05) is 48.5 Å². The molecule has 0 aliphatic carbocycles. The Morgan fingerprint density at radius 2 is 1.52 bits per heavy atom. The molecule has 5 heteroatoms. The van der Waals surface area contributed by atoms with Crippen molar-refractivity contribution in [3.8, 4) is 0 Å². The van der Waals surface area contributed by atoms with Crippen molar-refractivity contribution in [3.63, 3.8) is 0 Å². The summed E-state index contributed by atoms with van der Waals surface area (Å²) in [5.41, 5.74) is 2.90. The molecule has 0 bridgehead atoms. The van der Waals surface area contributed by atoms with Crippen LogP contribution in [0.15, 0.2) is 60.7 Å². The van der Waals surface area contributed by atoms with E-state index >= 15 is 0 Å². The molecule has 0 saturated carbocycles. The fourth-order valence-corrected chi connectivity index (χ4v) is 2.00. The van der Waals surface area contributed by atoms with E-state index in [-0.39, 0.29) is 12.3 Å². The Kier molecular flexibility index (Phi) is 5.06. The van der Waals surface area contributed by atoms with Crippen molar-refractivity contribution < 1.29 is 14.8 Å². The van der Waals surface area contributed by atoms with Gasteiger partial charge in [-0.25, -0.2) is 5.48 Å². The molecule has 21 heavy (non-hydrogen) atoms. The van der Waals surface area contributed by atoms with E-state index in [2.05, 4.69) is 5.32 Å². The number of hydrogen-bond acceptors (Lipinski definition) is 3. The SMILES string of the molecule is O=C(CC(NC(=O)c1ccccc1)c1ccccc1)NO. The number of benzene rings is 2. The molecule has 1 unspecified atom stereocenters. The molecule has 0 aliphatic rings. The lowest BCUT2D eigenvalue weighted by atomic mass is 10.0. The third kappa shape index (κ3) is 4.15. The molecule has 2 amide bonds. The topological polar surface area (TPSA) is 78.4 Å². The van der Waals surface area contributed by atoms with Crippen LogP contribution >= 0.6 is 0 Å². The van der Waals surface area contributed by atoms with E-state index in [0.29, 0.717) is 5.56 Å². The van der Waals surface area contributed by atoms with Crippen LogP contribution in [0.3, 0.4) is 0 Å². The molecule has 0 heterocycles. The summed E-state index contributed by atoms with van der Waals surface area (Å²) in [6, 6.07) is 17.4. The van der Waals surface area contributed by atoms with E-state index in [0.717, 1.165) is 5.56 Å². The van der Waals surface area contributed by atoms with Gasteiger partial charge in [-0.05, 0) is 17.7 Å². The molecule has 0 spiro atoms. The van der Waals surface area contributed by atoms with Crippen LogP contribution in [-0.2, 0) is 4.79 Å². The maximum atomic E-state index is 12.2. The second-order valence-corrected chi connectivity index (χ2v) is 4.54. The third-order valence-corrected chi connectivity index (χ3v) is 3.06. The van der Waals surface area contributed by atoms with Gasteiger partial charge in [0.2, 0.25) is 5.91 Å². The Labute approximate surface area is 122 Å². The van der Waals surface area contributed by atoms with Crippen molar-refractivity contribution in [3.05, 3.63) is 71.8 Å². The first kappa shape index (κ1) is 14.7. The number of hydroxylamine groups is 1. The van der Waals surface area contributed by atoms with Crippen LogP contribution in [0, 0.1) is 0 Å². The Balaban J connectivity index is 2.16. The Hall–Kier alpha value is -2.66. The maximum absolute atomic E-state index is 12.2. The summed E-state index contributed by atoms with van der Waals surface area (Å²) in [4.78, 5) is 23.6. The predicted octanol–water partition coefficient (Wildman–Crippen LogP) is 2.05. The number of rotatable bonds is 5. The van der Waals surface area contributed by atoms with E-state index in [1.165, 1.54) is 0 Å². The highest BCUT2D eigenvalue weighted by molar-refractivity contribution is 5.94. The van der Waals surface area contributed by atoms with E-state index in [9.17, 15) is 9.59 Å². The van der Waals surface area contributed by atoms with E-state index in [4.69, 9.17) is 5.21 Å². The Morgan fingerprint density at radius 3 is 2.10 bits per heavy atom. The highest BCUT2D eigenvalue weighted by Gasteiger charge is 2.18. The van der Waals surface area contributed by atoms with E-state index in [1.807, 2.05) is 36.4 Å². The van der Waals surface area contributed by atoms with E-state index in [1.54, 1.807) is 29.7 Å². The number of amides is 2. The monoisotopic (exact) mass is 284 g/mol. The van der Waals surface area contributed by atoms with Crippen LogP contribution in [0.5, 0.6) is 0 Å². The van der Waals surface area contributed by atoms with Crippen LogP contribution < -0.4 is 10.8 Å². The molecule has 2 aromatic carbocycles. The molecule has 0 aliphatic heterocycles. The summed E-state index contributed by atoms with van der Waals surface area (Å²) in [7, 11) is 0. The van der Waals surface area contributed by atoms with Crippen molar-refractivity contribution in [1.82, 2.24) is 10.8 Å². The fourth-order valence-electron chi connectivity index (χ4n) is 2.00. The van der Waals surface area contributed by atoms with Gasteiger partial charge in [-0.15, -0.1) is 0 Å². The average molecular weight is 284 g/mol. The summed E-state index contributed by atoms with van der Waals surface area (Å²) in [5.74, 6) is -0.826. The largest absolute Gasteiger partial charge is 0.345 e. The third-order valence-electron chi connectivity index (χ3n) is 3.06. The van der Waals surface area contributed by atoms with Crippen molar-refractivity contribution in [2.24, 2.45) is 0 Å². The van der Waals surface area contributed by atoms with Crippen molar-refractivity contribution in [2.75, 3.05) is 0 Å². The number of hydrogen-bond donors (Lipinski definition) is 3. The molecule has 108 valence electrons. The summed E-state index contributed by atoms with van der Waals surface area (Å²) in [6.07, 6.45) is -0.0426. The lowest BCUT2D eigenvalue weighted by Crippen LogP contribution is -2.32. The molecule has 0 fully saturated rings. The van der Waals surface area contributed by atoms with Gasteiger partial charge in [-0.3, -0.25) is 14.8 Å². The Morgan fingerprint density at radius 1 is 0.952 bits per heavy atom. The summed E-state index contributed by atoms with van der Waals surface area (Å²) < 4.78 is 0. The number of nitrogens with one attached hydrogen (secondary N) is 2. The molecule has 0 saturated heterocycles. The normalized spacial score (nSPS) is 11.5. The minimum Gasteiger partial charge on any atom is -0.345 e. The van der Waals surface area contributed by atoms with Gasteiger partial charge in [0.05, 0.1) is 12.5 Å². The molecular formula is C16H16N2O3. The van der Waals surface area contributed by atoms with Crippen LogP contribution in [-0.4, -0.2) is 17.0 Å². The van der Waals surface area contributed by atoms with Crippen LogP contribution in [0.4, 0.5) is 0 Å².